The first-order valence-electron chi connectivity index (χ1n) is 7.00. The highest BCUT2D eigenvalue weighted by molar-refractivity contribution is 5.82. The molecule has 4 N–H and O–H groups in total. The zero-order valence-electron chi connectivity index (χ0n) is 11.9. The van der Waals surface area contributed by atoms with E-state index < -0.39 is 0 Å². The van der Waals surface area contributed by atoms with Crippen LogP contribution in [0.3, 0.4) is 0 Å². The number of carbonyl (C=O) groups is 1. The summed E-state index contributed by atoms with van der Waals surface area (Å²) in [5.41, 5.74) is 7.71. The van der Waals surface area contributed by atoms with Crippen LogP contribution in [0.5, 0.6) is 0 Å². The molecule has 0 saturated carbocycles. The molecule has 0 aliphatic carbocycles. The van der Waals surface area contributed by atoms with Gasteiger partial charge in [0.05, 0.1) is 18.4 Å². The van der Waals surface area contributed by atoms with Crippen LogP contribution in [0.15, 0.2) is 29.3 Å². The summed E-state index contributed by atoms with van der Waals surface area (Å²) in [4.78, 5) is 16.1. The SMILES string of the molecule is CC(N)=NCc1cccc(CNC(=O)C2CCCN2)c1. The van der Waals surface area contributed by atoms with Gasteiger partial charge in [-0.05, 0) is 37.4 Å². The van der Waals surface area contributed by atoms with E-state index in [2.05, 4.69) is 21.7 Å². The Morgan fingerprint density at radius 3 is 3.00 bits per heavy atom. The first-order valence-corrected chi connectivity index (χ1v) is 7.00. The Hall–Kier alpha value is -1.88. The Bertz CT molecular complexity index is 488. The summed E-state index contributed by atoms with van der Waals surface area (Å²) < 4.78 is 0. The number of hydrogen-bond acceptors (Lipinski definition) is 3. The van der Waals surface area contributed by atoms with Gasteiger partial charge in [-0.25, -0.2) is 0 Å². The molecule has 0 spiro atoms. The Balaban J connectivity index is 1.87. The summed E-state index contributed by atoms with van der Waals surface area (Å²) in [5.74, 6) is 0.666. The van der Waals surface area contributed by atoms with E-state index in [1.165, 1.54) is 0 Å². The Kier molecular flexibility index (Phi) is 5.12. The van der Waals surface area contributed by atoms with Crippen molar-refractivity contribution in [1.29, 1.82) is 0 Å². The minimum absolute atomic E-state index is 0.0253. The molecule has 1 atom stereocenters. The van der Waals surface area contributed by atoms with Gasteiger partial charge in [-0.15, -0.1) is 0 Å². The third kappa shape index (κ3) is 4.35. The molecule has 2 rings (SSSR count). The van der Waals surface area contributed by atoms with Crippen molar-refractivity contribution in [1.82, 2.24) is 10.6 Å². The summed E-state index contributed by atoms with van der Waals surface area (Å²) in [6, 6.07) is 8.02. The first-order chi connectivity index (χ1) is 9.65. The number of aliphatic imine (C=N–C) groups is 1. The number of amides is 1. The second-order valence-electron chi connectivity index (χ2n) is 5.14. The maximum absolute atomic E-state index is 11.9. The van der Waals surface area contributed by atoms with Gasteiger partial charge in [0.25, 0.3) is 0 Å². The number of nitrogens with zero attached hydrogens (tertiary/aromatic N) is 1. The van der Waals surface area contributed by atoms with Gasteiger partial charge in [-0.1, -0.05) is 24.3 Å². The number of amidine groups is 1. The lowest BCUT2D eigenvalue weighted by Gasteiger charge is -2.11. The zero-order valence-corrected chi connectivity index (χ0v) is 11.9. The van der Waals surface area contributed by atoms with Crippen molar-refractivity contribution in [2.24, 2.45) is 10.7 Å². The number of hydrogen-bond donors (Lipinski definition) is 3. The standard InChI is InChI=1S/C15H22N4O/c1-11(16)18-9-12-4-2-5-13(8-12)10-19-15(20)14-6-3-7-17-14/h2,4-5,8,14,17H,3,6-7,9-10H2,1H3,(H2,16,18)(H,19,20). The van der Waals surface area contributed by atoms with Crippen LogP contribution in [0, 0.1) is 0 Å². The molecule has 0 bridgehead atoms. The van der Waals surface area contributed by atoms with E-state index in [0.29, 0.717) is 18.9 Å². The third-order valence-corrected chi connectivity index (χ3v) is 3.35. The number of benzene rings is 1. The van der Waals surface area contributed by atoms with Gasteiger partial charge in [-0.2, -0.15) is 0 Å². The van der Waals surface area contributed by atoms with Crippen LogP contribution < -0.4 is 16.4 Å². The van der Waals surface area contributed by atoms with Crippen molar-refractivity contribution in [3.8, 4) is 0 Å². The van der Waals surface area contributed by atoms with Crippen LogP contribution in [0.4, 0.5) is 0 Å². The number of rotatable bonds is 5. The average Bonchev–Trinajstić information content (AvgIpc) is 2.97. The first kappa shape index (κ1) is 14.5. The van der Waals surface area contributed by atoms with Gasteiger partial charge in [0, 0.05) is 6.54 Å². The lowest BCUT2D eigenvalue weighted by molar-refractivity contribution is -0.122. The smallest absolute Gasteiger partial charge is 0.237 e. The van der Waals surface area contributed by atoms with E-state index >= 15 is 0 Å². The number of carbonyl (C=O) groups excluding carboxylic acids is 1. The minimum atomic E-state index is -0.0253. The highest BCUT2D eigenvalue weighted by Crippen LogP contribution is 2.08. The highest BCUT2D eigenvalue weighted by Gasteiger charge is 2.21. The lowest BCUT2D eigenvalue weighted by atomic mass is 10.1. The average molecular weight is 274 g/mol. The van der Waals surface area contributed by atoms with Crippen molar-refractivity contribution in [2.45, 2.75) is 38.9 Å². The fourth-order valence-electron chi connectivity index (χ4n) is 2.27. The highest BCUT2D eigenvalue weighted by atomic mass is 16.2. The molecule has 108 valence electrons. The molecule has 1 aliphatic heterocycles. The molecule has 1 aliphatic rings. The summed E-state index contributed by atoms with van der Waals surface area (Å²) in [7, 11) is 0. The largest absolute Gasteiger partial charge is 0.388 e. The predicted octanol–water partition coefficient (Wildman–Crippen LogP) is 0.932. The minimum Gasteiger partial charge on any atom is -0.388 e. The Morgan fingerprint density at radius 2 is 2.30 bits per heavy atom. The van der Waals surface area contributed by atoms with Crippen LogP contribution in [0.1, 0.15) is 30.9 Å². The van der Waals surface area contributed by atoms with Crippen LogP contribution in [-0.2, 0) is 17.9 Å². The quantitative estimate of drug-likeness (QED) is 0.552. The van der Waals surface area contributed by atoms with Crippen molar-refractivity contribution >= 4 is 11.7 Å². The molecule has 20 heavy (non-hydrogen) atoms. The monoisotopic (exact) mass is 274 g/mol. The van der Waals surface area contributed by atoms with Crippen molar-refractivity contribution < 1.29 is 4.79 Å². The van der Waals surface area contributed by atoms with Gasteiger partial charge in [0.1, 0.15) is 0 Å². The molecule has 5 heteroatoms. The van der Waals surface area contributed by atoms with E-state index in [1.807, 2.05) is 18.2 Å². The van der Waals surface area contributed by atoms with Crippen LogP contribution in [0.2, 0.25) is 0 Å². The topological polar surface area (TPSA) is 79.5 Å². The van der Waals surface area contributed by atoms with E-state index in [9.17, 15) is 4.79 Å². The van der Waals surface area contributed by atoms with E-state index in [1.54, 1.807) is 6.92 Å². The normalized spacial score (nSPS) is 19.1. The third-order valence-electron chi connectivity index (χ3n) is 3.35. The lowest BCUT2D eigenvalue weighted by Crippen LogP contribution is -2.39. The van der Waals surface area contributed by atoms with Gasteiger partial charge in [-0.3, -0.25) is 9.79 Å². The molecular weight excluding hydrogens is 252 g/mol. The van der Waals surface area contributed by atoms with E-state index in [4.69, 9.17) is 5.73 Å². The fourth-order valence-corrected chi connectivity index (χ4v) is 2.27. The maximum atomic E-state index is 11.9. The molecule has 1 unspecified atom stereocenters. The molecule has 1 heterocycles. The Morgan fingerprint density at radius 1 is 1.50 bits per heavy atom. The number of nitrogens with two attached hydrogens (primary N) is 1. The van der Waals surface area contributed by atoms with Crippen molar-refractivity contribution in [3.63, 3.8) is 0 Å². The molecule has 0 radical (unpaired) electrons. The molecule has 1 fully saturated rings. The zero-order chi connectivity index (χ0) is 14.4. The van der Waals surface area contributed by atoms with E-state index in [0.717, 1.165) is 30.5 Å². The van der Waals surface area contributed by atoms with Crippen LogP contribution >= 0.6 is 0 Å². The van der Waals surface area contributed by atoms with Gasteiger partial charge in [0.2, 0.25) is 5.91 Å². The van der Waals surface area contributed by atoms with Crippen LogP contribution in [0.25, 0.3) is 0 Å². The summed E-state index contributed by atoms with van der Waals surface area (Å²) >= 11 is 0. The van der Waals surface area contributed by atoms with Crippen LogP contribution in [-0.4, -0.2) is 24.3 Å². The Labute approximate surface area is 119 Å². The summed E-state index contributed by atoms with van der Waals surface area (Å²) in [6.45, 7) is 3.84. The molecule has 5 nitrogen and oxygen atoms in total. The maximum Gasteiger partial charge on any atom is 0.237 e. The van der Waals surface area contributed by atoms with Gasteiger partial charge in [0.15, 0.2) is 0 Å². The molecule has 1 saturated heterocycles. The fraction of sp³-hybridized carbons (Fsp3) is 0.467. The van der Waals surface area contributed by atoms with Crippen molar-refractivity contribution in [3.05, 3.63) is 35.4 Å². The summed E-state index contributed by atoms with van der Waals surface area (Å²) in [6.07, 6.45) is 2.00. The number of nitrogens with one attached hydrogen (secondary N) is 2. The van der Waals surface area contributed by atoms with Gasteiger partial charge >= 0.3 is 0 Å². The van der Waals surface area contributed by atoms with Crippen molar-refractivity contribution in [2.75, 3.05) is 6.54 Å². The molecule has 1 amide bonds. The molecular formula is C15H22N4O. The molecule has 1 aromatic carbocycles. The molecule has 1 aromatic rings. The molecule has 0 aromatic heterocycles. The predicted molar refractivity (Wildman–Crippen MR) is 80.3 cm³/mol. The van der Waals surface area contributed by atoms with Gasteiger partial charge < -0.3 is 16.4 Å². The summed E-state index contributed by atoms with van der Waals surface area (Å²) in [5, 5.41) is 6.16. The van der Waals surface area contributed by atoms with E-state index in [-0.39, 0.29) is 11.9 Å². The second-order valence-corrected chi connectivity index (χ2v) is 5.14. The second kappa shape index (κ2) is 7.05.